The van der Waals surface area contributed by atoms with Crippen LogP contribution in [0.5, 0.6) is 0 Å². The van der Waals surface area contributed by atoms with Gasteiger partial charge in [-0.05, 0) is 24.3 Å². The Balaban J connectivity index is 2.32. The number of aryl methyl sites for hydroxylation is 1. The molecule has 0 aliphatic carbocycles. The van der Waals surface area contributed by atoms with Crippen molar-refractivity contribution in [3.63, 3.8) is 0 Å². The lowest BCUT2D eigenvalue weighted by Crippen LogP contribution is -1.90. The number of alkyl halides is 1. The molecule has 2 heterocycles. The summed E-state index contributed by atoms with van der Waals surface area (Å²) in [7, 11) is 0. The molecule has 15 heavy (non-hydrogen) atoms. The SMILES string of the molecule is CCC(Cl)c1noc(-c2cscc2C)n1. The Bertz CT molecular complexity index is 452. The van der Waals surface area contributed by atoms with E-state index in [0.717, 1.165) is 17.5 Å². The third kappa shape index (κ3) is 2.06. The largest absolute Gasteiger partial charge is 0.334 e. The normalized spacial score (nSPS) is 13.0. The zero-order valence-electron chi connectivity index (χ0n) is 8.53. The maximum atomic E-state index is 6.02. The first-order valence-electron chi connectivity index (χ1n) is 4.73. The van der Waals surface area contributed by atoms with E-state index in [4.69, 9.17) is 16.1 Å². The van der Waals surface area contributed by atoms with Crippen LogP contribution in [0.4, 0.5) is 0 Å². The topological polar surface area (TPSA) is 38.9 Å². The second-order valence-corrected chi connectivity index (χ2v) is 4.57. The number of hydrogen-bond donors (Lipinski definition) is 0. The van der Waals surface area contributed by atoms with E-state index in [9.17, 15) is 0 Å². The van der Waals surface area contributed by atoms with Gasteiger partial charge in [-0.25, -0.2) is 0 Å². The molecule has 2 aromatic heterocycles. The lowest BCUT2D eigenvalue weighted by atomic mass is 10.2. The van der Waals surface area contributed by atoms with Crippen LogP contribution < -0.4 is 0 Å². The van der Waals surface area contributed by atoms with Crippen molar-refractivity contribution in [2.45, 2.75) is 25.6 Å². The molecule has 0 bridgehead atoms. The number of hydrogen-bond acceptors (Lipinski definition) is 4. The second-order valence-electron chi connectivity index (χ2n) is 3.30. The summed E-state index contributed by atoms with van der Waals surface area (Å²) in [5.41, 5.74) is 2.15. The van der Waals surface area contributed by atoms with Crippen molar-refractivity contribution < 1.29 is 4.52 Å². The van der Waals surface area contributed by atoms with Crippen molar-refractivity contribution in [2.75, 3.05) is 0 Å². The molecular formula is C10H11ClN2OS. The van der Waals surface area contributed by atoms with Crippen LogP contribution in [0.3, 0.4) is 0 Å². The van der Waals surface area contributed by atoms with E-state index in [1.807, 2.05) is 19.2 Å². The minimum Gasteiger partial charge on any atom is -0.334 e. The van der Waals surface area contributed by atoms with E-state index in [2.05, 4.69) is 15.5 Å². The van der Waals surface area contributed by atoms with Crippen molar-refractivity contribution in [1.29, 1.82) is 0 Å². The van der Waals surface area contributed by atoms with Gasteiger partial charge < -0.3 is 4.52 Å². The van der Waals surface area contributed by atoms with Crippen molar-refractivity contribution in [3.05, 3.63) is 22.1 Å². The van der Waals surface area contributed by atoms with Gasteiger partial charge in [-0.1, -0.05) is 12.1 Å². The summed E-state index contributed by atoms with van der Waals surface area (Å²) in [5, 5.41) is 7.76. The summed E-state index contributed by atoms with van der Waals surface area (Å²) in [6, 6.07) is 0. The van der Waals surface area contributed by atoms with Gasteiger partial charge in [-0.3, -0.25) is 0 Å². The van der Waals surface area contributed by atoms with Gasteiger partial charge in [0.15, 0.2) is 5.82 Å². The van der Waals surface area contributed by atoms with Crippen LogP contribution in [0.25, 0.3) is 11.5 Å². The van der Waals surface area contributed by atoms with E-state index in [0.29, 0.717) is 11.7 Å². The Labute approximate surface area is 97.1 Å². The zero-order valence-corrected chi connectivity index (χ0v) is 10.1. The van der Waals surface area contributed by atoms with Crippen LogP contribution in [0.15, 0.2) is 15.3 Å². The molecule has 0 aliphatic heterocycles. The van der Waals surface area contributed by atoms with Crippen LogP contribution in [-0.4, -0.2) is 10.1 Å². The van der Waals surface area contributed by atoms with Gasteiger partial charge >= 0.3 is 0 Å². The minimum atomic E-state index is -0.165. The van der Waals surface area contributed by atoms with Gasteiger partial charge in [0.1, 0.15) is 0 Å². The maximum absolute atomic E-state index is 6.02. The highest BCUT2D eigenvalue weighted by Crippen LogP contribution is 2.28. The van der Waals surface area contributed by atoms with Crippen LogP contribution in [0.1, 0.15) is 30.1 Å². The Hall–Kier alpha value is -0.870. The monoisotopic (exact) mass is 242 g/mol. The number of rotatable bonds is 3. The van der Waals surface area contributed by atoms with E-state index in [-0.39, 0.29) is 5.38 Å². The summed E-state index contributed by atoms with van der Waals surface area (Å²) >= 11 is 7.65. The zero-order chi connectivity index (χ0) is 10.8. The van der Waals surface area contributed by atoms with Crippen LogP contribution >= 0.6 is 22.9 Å². The molecule has 0 radical (unpaired) electrons. The molecule has 0 spiro atoms. The fraction of sp³-hybridized carbons (Fsp3) is 0.400. The third-order valence-electron chi connectivity index (χ3n) is 2.17. The van der Waals surface area contributed by atoms with Crippen molar-refractivity contribution in [3.8, 4) is 11.5 Å². The number of aromatic nitrogens is 2. The maximum Gasteiger partial charge on any atom is 0.259 e. The molecule has 0 aromatic carbocycles. The molecule has 2 rings (SSSR count). The molecule has 2 aromatic rings. The van der Waals surface area contributed by atoms with Crippen molar-refractivity contribution in [2.24, 2.45) is 0 Å². The molecule has 5 heteroatoms. The number of nitrogens with zero attached hydrogens (tertiary/aromatic N) is 2. The van der Waals surface area contributed by atoms with E-state index in [1.54, 1.807) is 11.3 Å². The first-order valence-corrected chi connectivity index (χ1v) is 6.11. The van der Waals surface area contributed by atoms with Gasteiger partial charge in [0.05, 0.1) is 10.9 Å². The highest BCUT2D eigenvalue weighted by Gasteiger charge is 2.16. The molecule has 0 saturated carbocycles. The molecule has 0 saturated heterocycles. The fourth-order valence-corrected chi connectivity index (χ4v) is 2.14. The smallest absolute Gasteiger partial charge is 0.259 e. The molecule has 1 unspecified atom stereocenters. The highest BCUT2D eigenvalue weighted by atomic mass is 35.5. The van der Waals surface area contributed by atoms with E-state index in [1.165, 1.54) is 0 Å². The summed E-state index contributed by atoms with van der Waals surface area (Å²) in [6.07, 6.45) is 0.795. The van der Waals surface area contributed by atoms with Crippen molar-refractivity contribution in [1.82, 2.24) is 10.1 Å². The van der Waals surface area contributed by atoms with Gasteiger partial charge in [-0.2, -0.15) is 16.3 Å². The highest BCUT2D eigenvalue weighted by molar-refractivity contribution is 7.08. The van der Waals surface area contributed by atoms with E-state index < -0.39 is 0 Å². The summed E-state index contributed by atoms with van der Waals surface area (Å²) in [6.45, 7) is 4.01. The lowest BCUT2D eigenvalue weighted by molar-refractivity contribution is 0.421. The Morgan fingerprint density at radius 1 is 1.53 bits per heavy atom. The predicted molar refractivity (Wildman–Crippen MR) is 61.2 cm³/mol. The second kappa shape index (κ2) is 4.33. The quantitative estimate of drug-likeness (QED) is 0.769. The van der Waals surface area contributed by atoms with Crippen LogP contribution in [-0.2, 0) is 0 Å². The van der Waals surface area contributed by atoms with Crippen LogP contribution in [0.2, 0.25) is 0 Å². The molecule has 0 aliphatic rings. The minimum absolute atomic E-state index is 0.165. The molecule has 0 N–H and O–H groups in total. The first-order chi connectivity index (χ1) is 7.22. The standard InChI is InChI=1S/C10H11ClN2OS/c1-3-8(11)9-12-10(14-13-9)7-5-15-4-6(7)2/h4-5,8H,3H2,1-2H3. The van der Waals surface area contributed by atoms with Gasteiger partial charge in [0.25, 0.3) is 5.89 Å². The number of halogens is 1. The van der Waals surface area contributed by atoms with Gasteiger partial charge in [0.2, 0.25) is 0 Å². The average Bonchev–Trinajstić information content (AvgIpc) is 2.84. The van der Waals surface area contributed by atoms with E-state index >= 15 is 0 Å². The average molecular weight is 243 g/mol. The molecular weight excluding hydrogens is 232 g/mol. The lowest BCUT2D eigenvalue weighted by Gasteiger charge is -1.96. The number of thiophene rings is 1. The summed E-state index contributed by atoms with van der Waals surface area (Å²) < 4.78 is 5.17. The predicted octanol–water partition coefficient (Wildman–Crippen LogP) is 3.80. The molecule has 0 fully saturated rings. The molecule has 3 nitrogen and oxygen atoms in total. The Morgan fingerprint density at radius 2 is 2.33 bits per heavy atom. The molecule has 1 atom stereocenters. The third-order valence-corrected chi connectivity index (χ3v) is 3.53. The van der Waals surface area contributed by atoms with Crippen LogP contribution in [0, 0.1) is 6.92 Å². The molecule has 0 amide bonds. The van der Waals surface area contributed by atoms with Gasteiger partial charge in [-0.15, -0.1) is 11.6 Å². The summed E-state index contributed by atoms with van der Waals surface area (Å²) in [5.74, 6) is 1.13. The first kappa shape index (κ1) is 10.6. The fourth-order valence-electron chi connectivity index (χ4n) is 1.23. The van der Waals surface area contributed by atoms with Gasteiger partial charge in [0, 0.05) is 5.38 Å². The molecule has 80 valence electrons. The Kier molecular flexibility index (Phi) is 3.07. The summed E-state index contributed by atoms with van der Waals surface area (Å²) in [4.78, 5) is 4.28. The Morgan fingerprint density at radius 3 is 2.93 bits per heavy atom. The van der Waals surface area contributed by atoms with Crippen molar-refractivity contribution >= 4 is 22.9 Å².